The summed E-state index contributed by atoms with van der Waals surface area (Å²) in [5.74, 6) is -1.51. The van der Waals surface area contributed by atoms with Crippen LogP contribution in [0.15, 0.2) is 22.7 Å². The van der Waals surface area contributed by atoms with E-state index in [1.165, 1.54) is 6.07 Å². The Bertz CT molecular complexity index is 523. The number of carbonyl (C=O) groups excluding carboxylic acids is 1. The number of hydrogen-bond acceptors (Lipinski definition) is 3. The second-order valence-electron chi connectivity index (χ2n) is 4.61. The standard InChI is InChI=1S/C13H13BrClNO4/c14-9-5-8(6-10(15)7-9)11(17)16-13(12(18)19)1-3-20-4-2-13/h5-7H,1-4H2,(H,16,17)(H,18,19). The summed E-state index contributed by atoms with van der Waals surface area (Å²) in [6, 6.07) is 4.74. The number of halogens is 2. The van der Waals surface area contributed by atoms with E-state index in [2.05, 4.69) is 21.2 Å². The molecule has 0 aliphatic carbocycles. The van der Waals surface area contributed by atoms with Crippen LogP contribution in [0.4, 0.5) is 0 Å². The Hall–Kier alpha value is -1.11. The molecule has 20 heavy (non-hydrogen) atoms. The summed E-state index contributed by atoms with van der Waals surface area (Å²) < 4.78 is 5.82. The Balaban J connectivity index is 2.22. The molecule has 2 N–H and O–H groups in total. The number of ether oxygens (including phenoxy) is 1. The van der Waals surface area contributed by atoms with Crippen LogP contribution in [0.25, 0.3) is 0 Å². The first kappa shape index (κ1) is 15.3. The van der Waals surface area contributed by atoms with Crippen molar-refractivity contribution in [3.8, 4) is 0 Å². The van der Waals surface area contributed by atoms with Crippen molar-refractivity contribution in [1.29, 1.82) is 0 Å². The highest BCUT2D eigenvalue weighted by atomic mass is 79.9. The van der Waals surface area contributed by atoms with Crippen LogP contribution < -0.4 is 5.32 Å². The molecule has 108 valence electrons. The second kappa shape index (κ2) is 6.11. The first-order valence-corrected chi connectivity index (χ1v) is 7.20. The van der Waals surface area contributed by atoms with Crippen molar-refractivity contribution in [2.24, 2.45) is 0 Å². The maximum Gasteiger partial charge on any atom is 0.329 e. The van der Waals surface area contributed by atoms with E-state index in [0.29, 0.717) is 28.3 Å². The highest BCUT2D eigenvalue weighted by Crippen LogP contribution is 2.24. The van der Waals surface area contributed by atoms with Gasteiger partial charge in [0, 0.05) is 41.1 Å². The van der Waals surface area contributed by atoms with Crippen LogP contribution in [0.5, 0.6) is 0 Å². The van der Waals surface area contributed by atoms with Crippen LogP contribution in [0.3, 0.4) is 0 Å². The molecule has 0 unspecified atom stereocenters. The molecule has 1 aliphatic rings. The monoisotopic (exact) mass is 361 g/mol. The fourth-order valence-electron chi connectivity index (χ4n) is 2.09. The largest absolute Gasteiger partial charge is 0.480 e. The molecule has 2 rings (SSSR count). The summed E-state index contributed by atoms with van der Waals surface area (Å²) in [5, 5.41) is 12.4. The molecule has 1 aliphatic heterocycles. The van der Waals surface area contributed by atoms with Crippen LogP contribution in [-0.4, -0.2) is 35.7 Å². The van der Waals surface area contributed by atoms with E-state index in [9.17, 15) is 14.7 Å². The van der Waals surface area contributed by atoms with Crippen molar-refractivity contribution >= 4 is 39.4 Å². The molecule has 1 heterocycles. The number of benzene rings is 1. The van der Waals surface area contributed by atoms with Gasteiger partial charge in [0.15, 0.2) is 0 Å². The van der Waals surface area contributed by atoms with Gasteiger partial charge in [0.1, 0.15) is 5.54 Å². The average Bonchev–Trinajstić information content (AvgIpc) is 2.38. The van der Waals surface area contributed by atoms with Gasteiger partial charge in [0.2, 0.25) is 0 Å². The van der Waals surface area contributed by atoms with Crippen LogP contribution >= 0.6 is 27.5 Å². The van der Waals surface area contributed by atoms with Crippen LogP contribution in [0, 0.1) is 0 Å². The zero-order valence-corrected chi connectivity index (χ0v) is 12.8. The van der Waals surface area contributed by atoms with E-state index in [-0.39, 0.29) is 12.8 Å². The van der Waals surface area contributed by atoms with Gasteiger partial charge in [-0.2, -0.15) is 0 Å². The summed E-state index contributed by atoms with van der Waals surface area (Å²) >= 11 is 9.14. The molecule has 7 heteroatoms. The van der Waals surface area contributed by atoms with Crippen molar-refractivity contribution in [3.63, 3.8) is 0 Å². The van der Waals surface area contributed by atoms with Crippen LogP contribution in [-0.2, 0) is 9.53 Å². The minimum Gasteiger partial charge on any atom is -0.480 e. The van der Waals surface area contributed by atoms with E-state index < -0.39 is 17.4 Å². The lowest BCUT2D eigenvalue weighted by atomic mass is 9.89. The van der Waals surface area contributed by atoms with Gasteiger partial charge < -0.3 is 15.2 Å². The van der Waals surface area contributed by atoms with Crippen molar-refractivity contribution < 1.29 is 19.4 Å². The highest BCUT2D eigenvalue weighted by molar-refractivity contribution is 9.10. The van der Waals surface area contributed by atoms with Crippen molar-refractivity contribution in [2.75, 3.05) is 13.2 Å². The Kier molecular flexibility index (Phi) is 4.67. The SMILES string of the molecule is O=C(NC1(C(=O)O)CCOCC1)c1cc(Cl)cc(Br)c1. The van der Waals surface area contributed by atoms with Gasteiger partial charge in [0.05, 0.1) is 0 Å². The van der Waals surface area contributed by atoms with Gasteiger partial charge in [-0.05, 0) is 18.2 Å². The molecular formula is C13H13BrClNO4. The lowest BCUT2D eigenvalue weighted by molar-refractivity contribution is -0.148. The molecule has 1 amide bonds. The summed E-state index contributed by atoms with van der Waals surface area (Å²) in [5.41, 5.74) is -0.957. The number of amides is 1. The fourth-order valence-corrected chi connectivity index (χ4v) is 2.95. The minimum atomic E-state index is -1.27. The molecule has 1 aromatic rings. The molecule has 0 bridgehead atoms. The third-order valence-electron chi connectivity index (χ3n) is 3.23. The van der Waals surface area contributed by atoms with Crippen LogP contribution in [0.2, 0.25) is 5.02 Å². The zero-order valence-electron chi connectivity index (χ0n) is 10.5. The predicted molar refractivity (Wildman–Crippen MR) is 77.0 cm³/mol. The Morgan fingerprint density at radius 1 is 1.30 bits per heavy atom. The molecule has 0 saturated carbocycles. The van der Waals surface area contributed by atoms with E-state index in [0.717, 1.165) is 0 Å². The Labute approximate surface area is 129 Å². The third kappa shape index (κ3) is 3.31. The normalized spacial score (nSPS) is 17.5. The van der Waals surface area contributed by atoms with Gasteiger partial charge in [-0.3, -0.25) is 4.79 Å². The molecule has 1 aromatic carbocycles. The van der Waals surface area contributed by atoms with Gasteiger partial charge in [-0.1, -0.05) is 27.5 Å². The quantitative estimate of drug-likeness (QED) is 0.866. The average molecular weight is 363 g/mol. The maximum atomic E-state index is 12.2. The smallest absolute Gasteiger partial charge is 0.329 e. The number of carboxylic acid groups (broad SMARTS) is 1. The molecule has 1 fully saturated rings. The lowest BCUT2D eigenvalue weighted by Gasteiger charge is -2.33. The second-order valence-corrected chi connectivity index (χ2v) is 5.96. The van der Waals surface area contributed by atoms with Gasteiger partial charge in [-0.15, -0.1) is 0 Å². The summed E-state index contributed by atoms with van der Waals surface area (Å²) in [7, 11) is 0. The molecule has 1 saturated heterocycles. The van der Waals surface area contributed by atoms with E-state index in [1.807, 2.05) is 0 Å². The summed E-state index contributed by atoms with van der Waals surface area (Å²) in [4.78, 5) is 23.7. The number of hydrogen-bond donors (Lipinski definition) is 2. The van der Waals surface area contributed by atoms with Gasteiger partial charge >= 0.3 is 5.97 Å². The van der Waals surface area contributed by atoms with E-state index in [1.54, 1.807) is 12.1 Å². The Morgan fingerprint density at radius 2 is 1.95 bits per heavy atom. The van der Waals surface area contributed by atoms with E-state index >= 15 is 0 Å². The molecule has 5 nitrogen and oxygen atoms in total. The molecule has 0 aromatic heterocycles. The van der Waals surface area contributed by atoms with Gasteiger partial charge in [-0.25, -0.2) is 4.79 Å². The van der Waals surface area contributed by atoms with Crippen molar-refractivity contribution in [2.45, 2.75) is 18.4 Å². The van der Waals surface area contributed by atoms with Crippen molar-refractivity contribution in [3.05, 3.63) is 33.3 Å². The molecule has 0 radical (unpaired) electrons. The lowest BCUT2D eigenvalue weighted by Crippen LogP contribution is -2.57. The third-order valence-corrected chi connectivity index (χ3v) is 3.91. The highest BCUT2D eigenvalue weighted by Gasteiger charge is 2.41. The first-order chi connectivity index (χ1) is 9.43. The molecule has 0 atom stereocenters. The maximum absolute atomic E-state index is 12.2. The number of nitrogens with one attached hydrogen (secondary N) is 1. The zero-order chi connectivity index (χ0) is 14.8. The topological polar surface area (TPSA) is 75.6 Å². The van der Waals surface area contributed by atoms with Crippen molar-refractivity contribution in [1.82, 2.24) is 5.32 Å². The molecule has 0 spiro atoms. The number of aliphatic carboxylic acids is 1. The fraction of sp³-hybridized carbons (Fsp3) is 0.385. The number of carbonyl (C=O) groups is 2. The summed E-state index contributed by atoms with van der Waals surface area (Å²) in [6.07, 6.45) is 0.492. The summed E-state index contributed by atoms with van der Waals surface area (Å²) in [6.45, 7) is 0.623. The minimum absolute atomic E-state index is 0.246. The Morgan fingerprint density at radius 3 is 2.50 bits per heavy atom. The number of carboxylic acids is 1. The first-order valence-electron chi connectivity index (χ1n) is 6.03. The van der Waals surface area contributed by atoms with Gasteiger partial charge in [0.25, 0.3) is 5.91 Å². The van der Waals surface area contributed by atoms with Crippen LogP contribution in [0.1, 0.15) is 23.2 Å². The molecular weight excluding hydrogens is 350 g/mol. The number of rotatable bonds is 3. The predicted octanol–water partition coefficient (Wildman–Crippen LogP) is 2.47. The van der Waals surface area contributed by atoms with E-state index in [4.69, 9.17) is 16.3 Å².